The summed E-state index contributed by atoms with van der Waals surface area (Å²) in [6, 6.07) is 10.1. The van der Waals surface area contributed by atoms with Crippen molar-refractivity contribution in [3.05, 3.63) is 30.3 Å². The molecule has 1 aliphatic rings. The molecule has 1 fully saturated rings. The van der Waals surface area contributed by atoms with Gasteiger partial charge in [0.15, 0.2) is 0 Å². The number of rotatable bonds is 7. The number of carbonyl (C=O) groups excluding carboxylic acids is 1. The fraction of sp³-hybridized carbons (Fsp3) is 0.562. The van der Waals surface area contributed by atoms with E-state index in [1.807, 2.05) is 30.3 Å². The van der Waals surface area contributed by atoms with Crippen LogP contribution in [0.5, 0.6) is 0 Å². The minimum Gasteiger partial charge on any atom is -0.355 e. The predicted molar refractivity (Wildman–Crippen MR) is 85.1 cm³/mol. The quantitative estimate of drug-likeness (QED) is 0.619. The molecule has 2 rings (SSSR count). The number of piperidine rings is 1. The summed E-state index contributed by atoms with van der Waals surface area (Å²) in [5.74, 6) is 0.644. The molecule has 0 saturated carbocycles. The third-order valence-corrected chi connectivity index (χ3v) is 4.55. The normalized spacial score (nSPS) is 16.0. The fourth-order valence-electron chi connectivity index (χ4n) is 2.43. The van der Waals surface area contributed by atoms with Crippen LogP contribution in [0.4, 0.5) is 0 Å². The van der Waals surface area contributed by atoms with E-state index in [9.17, 15) is 4.79 Å². The average molecular weight is 292 g/mol. The van der Waals surface area contributed by atoms with Crippen molar-refractivity contribution >= 4 is 17.7 Å². The van der Waals surface area contributed by atoms with Crippen LogP contribution in [-0.2, 0) is 4.79 Å². The van der Waals surface area contributed by atoms with Crippen molar-refractivity contribution in [1.29, 1.82) is 0 Å². The number of nitrogens with one attached hydrogen (secondary N) is 1. The summed E-state index contributed by atoms with van der Waals surface area (Å²) in [5, 5.41) is 3.01. The second-order valence-electron chi connectivity index (χ2n) is 5.21. The van der Waals surface area contributed by atoms with Crippen LogP contribution in [0.15, 0.2) is 35.2 Å². The number of amides is 1. The number of hydrogen-bond donors (Lipinski definition) is 1. The van der Waals surface area contributed by atoms with E-state index in [2.05, 4.69) is 10.2 Å². The Morgan fingerprint density at radius 3 is 2.65 bits per heavy atom. The molecule has 0 bridgehead atoms. The fourth-order valence-corrected chi connectivity index (χ4v) is 3.18. The molecule has 1 N–H and O–H groups in total. The van der Waals surface area contributed by atoms with E-state index in [4.69, 9.17) is 0 Å². The summed E-state index contributed by atoms with van der Waals surface area (Å²) < 4.78 is 0. The van der Waals surface area contributed by atoms with Gasteiger partial charge in [0, 0.05) is 11.4 Å². The Hall–Kier alpha value is -1.00. The first-order valence-corrected chi connectivity index (χ1v) is 8.50. The number of hydrogen-bond acceptors (Lipinski definition) is 3. The summed E-state index contributed by atoms with van der Waals surface area (Å²) >= 11 is 1.59. The molecule has 0 radical (unpaired) electrons. The molecule has 1 aliphatic heterocycles. The summed E-state index contributed by atoms with van der Waals surface area (Å²) in [4.78, 5) is 15.4. The average Bonchev–Trinajstić information content (AvgIpc) is 2.52. The molecule has 0 aromatic heterocycles. The number of nitrogens with zero attached hydrogens (tertiary/aromatic N) is 1. The zero-order valence-corrected chi connectivity index (χ0v) is 12.8. The molecule has 1 saturated heterocycles. The van der Waals surface area contributed by atoms with Crippen molar-refractivity contribution in [2.75, 3.05) is 31.9 Å². The lowest BCUT2D eigenvalue weighted by Crippen LogP contribution is -2.33. The van der Waals surface area contributed by atoms with Gasteiger partial charge in [-0.05, 0) is 51.0 Å². The first-order chi connectivity index (χ1) is 9.84. The maximum Gasteiger partial charge on any atom is 0.230 e. The van der Waals surface area contributed by atoms with E-state index >= 15 is 0 Å². The van der Waals surface area contributed by atoms with Gasteiger partial charge in [-0.2, -0.15) is 0 Å². The monoisotopic (exact) mass is 292 g/mol. The Labute approximate surface area is 126 Å². The lowest BCUT2D eigenvalue weighted by molar-refractivity contribution is -0.118. The minimum atomic E-state index is 0.137. The van der Waals surface area contributed by atoms with Crippen LogP contribution < -0.4 is 5.32 Å². The highest BCUT2D eigenvalue weighted by molar-refractivity contribution is 8.00. The molecular weight excluding hydrogens is 268 g/mol. The Morgan fingerprint density at radius 1 is 1.15 bits per heavy atom. The van der Waals surface area contributed by atoms with Crippen LogP contribution in [0, 0.1) is 0 Å². The Kier molecular flexibility index (Phi) is 6.95. The second-order valence-corrected chi connectivity index (χ2v) is 6.26. The zero-order chi connectivity index (χ0) is 14.0. The van der Waals surface area contributed by atoms with Gasteiger partial charge >= 0.3 is 0 Å². The third-order valence-electron chi connectivity index (χ3n) is 3.54. The van der Waals surface area contributed by atoms with Crippen molar-refractivity contribution in [2.24, 2.45) is 0 Å². The van der Waals surface area contributed by atoms with Crippen LogP contribution in [0.1, 0.15) is 25.7 Å². The number of benzene rings is 1. The van der Waals surface area contributed by atoms with Crippen molar-refractivity contribution < 1.29 is 4.79 Å². The Morgan fingerprint density at radius 2 is 1.90 bits per heavy atom. The van der Waals surface area contributed by atoms with E-state index in [0.29, 0.717) is 5.75 Å². The number of thioether (sulfide) groups is 1. The topological polar surface area (TPSA) is 32.3 Å². The molecule has 0 spiro atoms. The van der Waals surface area contributed by atoms with Crippen LogP contribution in [0.3, 0.4) is 0 Å². The molecule has 4 heteroatoms. The molecular formula is C16H24N2OS. The smallest absolute Gasteiger partial charge is 0.230 e. The lowest BCUT2D eigenvalue weighted by atomic mass is 10.1. The highest BCUT2D eigenvalue weighted by Gasteiger charge is 2.09. The lowest BCUT2D eigenvalue weighted by Gasteiger charge is -2.26. The molecule has 1 aromatic rings. The summed E-state index contributed by atoms with van der Waals surface area (Å²) in [6.07, 6.45) is 5.10. The van der Waals surface area contributed by atoms with Crippen LogP contribution >= 0.6 is 11.8 Å². The molecule has 110 valence electrons. The van der Waals surface area contributed by atoms with Crippen LogP contribution in [0.25, 0.3) is 0 Å². The first kappa shape index (κ1) is 15.4. The van der Waals surface area contributed by atoms with E-state index in [0.717, 1.165) is 24.4 Å². The van der Waals surface area contributed by atoms with Gasteiger partial charge in [0.05, 0.1) is 5.75 Å². The van der Waals surface area contributed by atoms with Gasteiger partial charge in [0.1, 0.15) is 0 Å². The van der Waals surface area contributed by atoms with Gasteiger partial charge in [-0.15, -0.1) is 11.8 Å². The SMILES string of the molecule is O=C(CSc1ccccc1)NCCCN1CCCCC1. The molecule has 1 aromatic carbocycles. The van der Waals surface area contributed by atoms with Crippen molar-refractivity contribution in [1.82, 2.24) is 10.2 Å². The molecule has 1 amide bonds. The standard InChI is InChI=1S/C16H24N2OS/c19-16(14-20-15-8-3-1-4-9-15)17-10-7-13-18-11-5-2-6-12-18/h1,3-4,8-9H,2,5-7,10-14H2,(H,17,19). The predicted octanol–water partition coefficient (Wildman–Crippen LogP) is 2.77. The van der Waals surface area contributed by atoms with Crippen LogP contribution in [-0.4, -0.2) is 42.7 Å². The Balaban J connectivity index is 1.51. The summed E-state index contributed by atoms with van der Waals surface area (Å²) in [7, 11) is 0. The van der Waals surface area contributed by atoms with Gasteiger partial charge in [-0.1, -0.05) is 24.6 Å². The summed E-state index contributed by atoms with van der Waals surface area (Å²) in [6.45, 7) is 4.38. The van der Waals surface area contributed by atoms with E-state index < -0.39 is 0 Å². The molecule has 0 atom stereocenters. The maximum atomic E-state index is 11.7. The van der Waals surface area contributed by atoms with Gasteiger partial charge in [0.25, 0.3) is 0 Å². The maximum absolute atomic E-state index is 11.7. The minimum absolute atomic E-state index is 0.137. The third kappa shape index (κ3) is 5.97. The first-order valence-electron chi connectivity index (χ1n) is 7.51. The van der Waals surface area contributed by atoms with Gasteiger partial charge in [-0.25, -0.2) is 0 Å². The van der Waals surface area contributed by atoms with Crippen molar-refractivity contribution in [2.45, 2.75) is 30.6 Å². The zero-order valence-electron chi connectivity index (χ0n) is 12.0. The second kappa shape index (κ2) is 9.03. The molecule has 1 heterocycles. The van der Waals surface area contributed by atoms with Gasteiger partial charge in [0.2, 0.25) is 5.91 Å². The number of likely N-dealkylation sites (tertiary alicyclic amines) is 1. The molecule has 3 nitrogen and oxygen atoms in total. The largest absolute Gasteiger partial charge is 0.355 e. The van der Waals surface area contributed by atoms with Gasteiger partial charge < -0.3 is 10.2 Å². The van der Waals surface area contributed by atoms with Crippen LogP contribution in [0.2, 0.25) is 0 Å². The van der Waals surface area contributed by atoms with E-state index in [1.165, 1.54) is 32.4 Å². The van der Waals surface area contributed by atoms with Crippen molar-refractivity contribution in [3.63, 3.8) is 0 Å². The summed E-state index contributed by atoms with van der Waals surface area (Å²) in [5.41, 5.74) is 0. The van der Waals surface area contributed by atoms with E-state index in [-0.39, 0.29) is 5.91 Å². The highest BCUT2D eigenvalue weighted by atomic mass is 32.2. The van der Waals surface area contributed by atoms with Gasteiger partial charge in [-0.3, -0.25) is 4.79 Å². The molecule has 20 heavy (non-hydrogen) atoms. The van der Waals surface area contributed by atoms with E-state index in [1.54, 1.807) is 11.8 Å². The molecule has 0 aliphatic carbocycles. The Bertz CT molecular complexity index is 391. The van der Waals surface area contributed by atoms with Crippen molar-refractivity contribution in [3.8, 4) is 0 Å². The number of carbonyl (C=O) groups is 1. The highest BCUT2D eigenvalue weighted by Crippen LogP contribution is 2.16. The molecule has 0 unspecified atom stereocenters.